The molecule has 0 aliphatic rings. The van der Waals surface area contributed by atoms with Gasteiger partial charge in [0, 0.05) is 23.5 Å². The van der Waals surface area contributed by atoms with Gasteiger partial charge in [0.05, 0.1) is 19.1 Å². The number of halogens is 1. The first kappa shape index (κ1) is 31.2. The predicted molar refractivity (Wildman–Crippen MR) is 162 cm³/mol. The van der Waals surface area contributed by atoms with Gasteiger partial charge in [-0.2, -0.15) is 0 Å². The summed E-state index contributed by atoms with van der Waals surface area (Å²) in [5.74, 6) is -0.193. The Labute approximate surface area is 245 Å². The van der Waals surface area contributed by atoms with Crippen LogP contribution >= 0.6 is 15.9 Å². The molecule has 0 fully saturated rings. The summed E-state index contributed by atoms with van der Waals surface area (Å²) in [6, 6.07) is 22.4. The third kappa shape index (κ3) is 8.82. The van der Waals surface area contributed by atoms with E-state index in [1.807, 2.05) is 56.3 Å². The lowest BCUT2D eigenvalue weighted by Crippen LogP contribution is -2.54. The minimum Gasteiger partial charge on any atom is -0.497 e. The van der Waals surface area contributed by atoms with Crippen molar-refractivity contribution in [2.75, 3.05) is 24.2 Å². The number of hydrogen-bond acceptors (Lipinski definition) is 5. The van der Waals surface area contributed by atoms with Crippen molar-refractivity contribution in [3.8, 4) is 5.75 Å². The number of carbonyl (C=O) groups is 2. The van der Waals surface area contributed by atoms with Crippen LogP contribution in [-0.2, 0) is 32.6 Å². The van der Waals surface area contributed by atoms with Crippen LogP contribution in [0.25, 0.3) is 0 Å². The van der Waals surface area contributed by atoms with Gasteiger partial charge in [-0.05, 0) is 60.9 Å². The van der Waals surface area contributed by atoms with Crippen LogP contribution in [0.2, 0.25) is 0 Å². The number of rotatable bonds is 13. The van der Waals surface area contributed by atoms with E-state index >= 15 is 0 Å². The van der Waals surface area contributed by atoms with Gasteiger partial charge in [-0.1, -0.05) is 65.3 Å². The SMILES string of the molecule is CC[C@@H](C)NC(=O)[C@H](Cc1ccccc1)N(Cc1cccc(OC)c1)C(=O)CN(c1ccc(Br)cc1)S(C)(=O)=O. The Hall–Kier alpha value is -3.37. The number of nitrogens with one attached hydrogen (secondary N) is 1. The van der Waals surface area contributed by atoms with Crippen LogP contribution in [0.15, 0.2) is 83.3 Å². The Balaban J connectivity index is 2.06. The molecule has 0 aliphatic heterocycles. The second-order valence-electron chi connectivity index (χ2n) is 9.64. The highest BCUT2D eigenvalue weighted by Gasteiger charge is 2.33. The van der Waals surface area contributed by atoms with Crippen molar-refractivity contribution in [2.24, 2.45) is 0 Å². The number of anilines is 1. The molecule has 0 saturated heterocycles. The van der Waals surface area contributed by atoms with Crippen molar-refractivity contribution < 1.29 is 22.7 Å². The van der Waals surface area contributed by atoms with E-state index in [0.29, 0.717) is 11.4 Å². The van der Waals surface area contributed by atoms with Gasteiger partial charge in [0.15, 0.2) is 0 Å². The number of sulfonamides is 1. The first-order valence-corrected chi connectivity index (χ1v) is 15.7. The van der Waals surface area contributed by atoms with Crippen LogP contribution in [0.4, 0.5) is 5.69 Å². The van der Waals surface area contributed by atoms with Gasteiger partial charge in [0.25, 0.3) is 0 Å². The fraction of sp³-hybridized carbons (Fsp3) is 0.333. The van der Waals surface area contributed by atoms with Crippen LogP contribution in [-0.4, -0.2) is 57.1 Å². The number of amides is 2. The molecular formula is C30H36BrN3O5S. The molecule has 0 bridgehead atoms. The minimum atomic E-state index is -3.82. The Kier molecular flexibility index (Phi) is 11.2. The number of carbonyl (C=O) groups excluding carboxylic acids is 2. The summed E-state index contributed by atoms with van der Waals surface area (Å²) in [6.07, 6.45) is 2.04. The van der Waals surface area contributed by atoms with E-state index < -0.39 is 28.5 Å². The maximum atomic E-state index is 14.1. The smallest absolute Gasteiger partial charge is 0.244 e. The van der Waals surface area contributed by atoms with E-state index in [2.05, 4.69) is 21.2 Å². The standard InChI is InChI=1S/C30H36BrN3O5S/c1-5-22(2)32-30(36)28(19-23-10-7-6-8-11-23)33(20-24-12-9-13-27(18-24)39-3)29(35)21-34(40(4,37)38)26-16-14-25(31)15-17-26/h6-18,22,28H,5,19-21H2,1-4H3,(H,32,36)/t22-,28+/m1/s1. The number of benzene rings is 3. The van der Waals surface area contributed by atoms with Crippen LogP contribution in [0.1, 0.15) is 31.4 Å². The monoisotopic (exact) mass is 629 g/mol. The highest BCUT2D eigenvalue weighted by atomic mass is 79.9. The van der Waals surface area contributed by atoms with Crippen molar-refractivity contribution in [1.29, 1.82) is 0 Å². The van der Waals surface area contributed by atoms with Crippen molar-refractivity contribution in [1.82, 2.24) is 10.2 Å². The molecule has 8 nitrogen and oxygen atoms in total. The van der Waals surface area contributed by atoms with Crippen LogP contribution < -0.4 is 14.4 Å². The van der Waals surface area contributed by atoms with E-state index in [-0.39, 0.29) is 24.9 Å². The average Bonchev–Trinajstić information content (AvgIpc) is 2.94. The summed E-state index contributed by atoms with van der Waals surface area (Å²) in [5, 5.41) is 3.02. The molecule has 40 heavy (non-hydrogen) atoms. The molecule has 10 heteroatoms. The highest BCUT2D eigenvalue weighted by molar-refractivity contribution is 9.10. The number of ether oxygens (including phenoxy) is 1. The maximum absolute atomic E-state index is 14.1. The molecule has 0 radical (unpaired) electrons. The first-order chi connectivity index (χ1) is 19.0. The Morgan fingerprint density at radius 1 is 0.975 bits per heavy atom. The molecule has 2 atom stereocenters. The second-order valence-corrected chi connectivity index (χ2v) is 12.5. The summed E-state index contributed by atoms with van der Waals surface area (Å²) in [4.78, 5) is 29.3. The topological polar surface area (TPSA) is 96.0 Å². The van der Waals surface area contributed by atoms with Gasteiger partial charge in [-0.15, -0.1) is 0 Å². The summed E-state index contributed by atoms with van der Waals surface area (Å²) >= 11 is 3.36. The molecule has 214 valence electrons. The van der Waals surface area contributed by atoms with Crippen LogP contribution in [0, 0.1) is 0 Å². The quantitative estimate of drug-likeness (QED) is 0.294. The van der Waals surface area contributed by atoms with Gasteiger partial charge in [-0.25, -0.2) is 8.42 Å². The predicted octanol–water partition coefficient (Wildman–Crippen LogP) is 4.78. The molecule has 0 saturated carbocycles. The first-order valence-electron chi connectivity index (χ1n) is 13.0. The van der Waals surface area contributed by atoms with Gasteiger partial charge < -0.3 is 15.0 Å². The maximum Gasteiger partial charge on any atom is 0.244 e. The van der Waals surface area contributed by atoms with Gasteiger partial charge in [0.2, 0.25) is 21.8 Å². The van der Waals surface area contributed by atoms with E-state index in [1.54, 1.807) is 43.5 Å². The van der Waals surface area contributed by atoms with Gasteiger partial charge in [0.1, 0.15) is 18.3 Å². The van der Waals surface area contributed by atoms with Crippen molar-refractivity contribution in [3.63, 3.8) is 0 Å². The summed E-state index contributed by atoms with van der Waals surface area (Å²) in [5.41, 5.74) is 1.98. The number of hydrogen-bond donors (Lipinski definition) is 1. The van der Waals surface area contributed by atoms with E-state index in [4.69, 9.17) is 4.74 Å². The Bertz CT molecular complexity index is 1380. The molecule has 2 amide bonds. The molecule has 3 rings (SSSR count). The highest BCUT2D eigenvalue weighted by Crippen LogP contribution is 2.23. The van der Waals surface area contributed by atoms with Crippen LogP contribution in [0.5, 0.6) is 5.75 Å². The second kappa shape index (κ2) is 14.3. The third-order valence-corrected chi connectivity index (χ3v) is 8.22. The molecular weight excluding hydrogens is 594 g/mol. The molecule has 3 aromatic rings. The summed E-state index contributed by atoms with van der Waals surface area (Å²) in [6.45, 7) is 3.49. The Morgan fingerprint density at radius 2 is 1.62 bits per heavy atom. The van der Waals surface area contributed by atoms with Crippen molar-refractivity contribution >= 4 is 43.5 Å². The third-order valence-electron chi connectivity index (χ3n) is 6.55. The van der Waals surface area contributed by atoms with Crippen LogP contribution in [0.3, 0.4) is 0 Å². The van der Waals surface area contributed by atoms with E-state index in [1.165, 1.54) is 4.90 Å². The minimum absolute atomic E-state index is 0.0827. The zero-order valence-corrected chi connectivity index (χ0v) is 25.6. The fourth-order valence-electron chi connectivity index (χ4n) is 4.18. The zero-order valence-electron chi connectivity index (χ0n) is 23.2. The lowest BCUT2D eigenvalue weighted by Gasteiger charge is -2.34. The average molecular weight is 631 g/mol. The largest absolute Gasteiger partial charge is 0.497 e. The zero-order chi connectivity index (χ0) is 29.3. The molecule has 0 spiro atoms. The lowest BCUT2D eigenvalue weighted by atomic mass is 10.0. The normalized spacial score (nSPS) is 12.7. The summed E-state index contributed by atoms with van der Waals surface area (Å²) < 4.78 is 32.9. The summed E-state index contributed by atoms with van der Waals surface area (Å²) in [7, 11) is -2.26. The van der Waals surface area contributed by atoms with E-state index in [0.717, 1.165) is 32.6 Å². The number of nitrogens with zero attached hydrogens (tertiary/aromatic N) is 2. The molecule has 3 aromatic carbocycles. The van der Waals surface area contributed by atoms with Gasteiger partial charge >= 0.3 is 0 Å². The van der Waals surface area contributed by atoms with E-state index in [9.17, 15) is 18.0 Å². The fourth-order valence-corrected chi connectivity index (χ4v) is 5.30. The number of methoxy groups -OCH3 is 1. The molecule has 0 aliphatic carbocycles. The Morgan fingerprint density at radius 3 is 2.23 bits per heavy atom. The van der Waals surface area contributed by atoms with Crippen molar-refractivity contribution in [3.05, 3.63) is 94.5 Å². The molecule has 1 N–H and O–H groups in total. The molecule has 0 unspecified atom stereocenters. The van der Waals surface area contributed by atoms with Gasteiger partial charge in [-0.3, -0.25) is 13.9 Å². The van der Waals surface area contributed by atoms with Crippen molar-refractivity contribution in [2.45, 2.75) is 45.3 Å². The lowest BCUT2D eigenvalue weighted by molar-refractivity contribution is -0.140. The molecule has 0 heterocycles. The molecule has 0 aromatic heterocycles.